The van der Waals surface area contributed by atoms with Gasteiger partial charge in [0.1, 0.15) is 0 Å². The summed E-state index contributed by atoms with van der Waals surface area (Å²) in [4.78, 5) is 10.6. The average molecular weight is 418 g/mol. The van der Waals surface area contributed by atoms with Crippen molar-refractivity contribution >= 4 is 22.9 Å². The molecule has 0 aromatic heterocycles. The zero-order chi connectivity index (χ0) is 18.2. The minimum atomic E-state index is -1.46. The molecule has 0 atom stereocenters. The van der Waals surface area contributed by atoms with Crippen LogP contribution in [0.15, 0.2) is 42.5 Å². The first-order valence-corrected chi connectivity index (χ1v) is 15.1. The van der Waals surface area contributed by atoms with Gasteiger partial charge in [-0.25, -0.2) is 12.1 Å². The monoisotopic (exact) mass is 418 g/mol. The van der Waals surface area contributed by atoms with Crippen LogP contribution in [0.3, 0.4) is 0 Å². The third-order valence-corrected chi connectivity index (χ3v) is 5.16. The largest absolute Gasteiger partial charge is 0.758 e. The summed E-state index contributed by atoms with van der Waals surface area (Å²) in [6, 6.07) is 13.9. The van der Waals surface area contributed by atoms with Crippen molar-refractivity contribution < 1.29 is 30.7 Å². The molecule has 0 aliphatic rings. The first kappa shape index (κ1) is 24.2. The van der Waals surface area contributed by atoms with Crippen LogP contribution in [0.25, 0.3) is 0 Å². The maximum absolute atomic E-state index is 10.6. The Labute approximate surface area is 165 Å². The van der Waals surface area contributed by atoms with Crippen molar-refractivity contribution in [3.8, 4) is 0 Å². The molecule has 2 aromatic rings. The zero-order valence-electron chi connectivity index (χ0n) is 16.1. The van der Waals surface area contributed by atoms with Gasteiger partial charge in [-0.3, -0.25) is 6.29 Å². The van der Waals surface area contributed by atoms with Crippen molar-refractivity contribution in [3.05, 3.63) is 59.2 Å². The van der Waals surface area contributed by atoms with E-state index in [1.165, 1.54) is 5.56 Å². The molecule has 2 aromatic carbocycles. The molecule has 0 radical (unpaired) electrons. The number of aldehydes is 1. The van der Waals surface area contributed by atoms with E-state index >= 15 is 0 Å². The Morgan fingerprint density at radius 2 is 1.44 bits per heavy atom. The minimum Gasteiger partial charge on any atom is -0.758 e. The van der Waals surface area contributed by atoms with Crippen molar-refractivity contribution in [1.29, 1.82) is 0 Å². The predicted molar refractivity (Wildman–Crippen MR) is 106 cm³/mol. The van der Waals surface area contributed by atoms with Gasteiger partial charge in [-0.05, 0) is 39.3 Å². The molecule has 2 rings (SSSR count). The Balaban J connectivity index is 0.000000449. The second-order valence-corrected chi connectivity index (χ2v) is 16.7. The number of hydrogen-bond donors (Lipinski definition) is 0. The van der Waals surface area contributed by atoms with E-state index in [2.05, 4.69) is 51.4 Å². The summed E-state index contributed by atoms with van der Waals surface area (Å²) in [5.41, 5.74) is 3.03. The molecule has 6 heteroatoms. The molecule has 0 aliphatic carbocycles. The van der Waals surface area contributed by atoms with Gasteiger partial charge >= 0.3 is 0 Å². The Morgan fingerprint density at radius 3 is 1.92 bits per heavy atom. The average Bonchev–Trinajstić information content (AvgIpc) is 3.13. The van der Waals surface area contributed by atoms with Crippen molar-refractivity contribution in [1.82, 2.24) is 0 Å². The maximum Gasteiger partial charge on any atom is 0.182 e. The number of rotatable bonds is 7. The Hall–Kier alpha value is -0.757. The van der Waals surface area contributed by atoms with Gasteiger partial charge in [0.15, 0.2) is 16.6 Å². The van der Waals surface area contributed by atoms with Gasteiger partial charge in [0.25, 0.3) is 0 Å². The summed E-state index contributed by atoms with van der Waals surface area (Å²) in [6.07, 6.45) is 0.878. The van der Waals surface area contributed by atoms with Gasteiger partial charge in [-0.15, -0.1) is 5.56 Å². The number of carbonyl (C=O) groups excluding carboxylic acids is 1. The fourth-order valence-corrected chi connectivity index (χ4v) is 3.01. The van der Waals surface area contributed by atoms with Gasteiger partial charge < -0.3 is 43.0 Å². The van der Waals surface area contributed by atoms with Crippen LogP contribution in [0.2, 0.25) is 39.3 Å². The molecule has 0 heterocycles. The van der Waals surface area contributed by atoms with Gasteiger partial charge in [-0.2, -0.15) is 12.1 Å². The van der Waals surface area contributed by atoms with Crippen molar-refractivity contribution in [2.75, 3.05) is 0 Å². The molecule has 0 unspecified atom stereocenters. The van der Waals surface area contributed by atoms with Gasteiger partial charge in [0, 0.05) is 23.7 Å². The topological polar surface area (TPSA) is 35.5 Å². The predicted octanol–water partition coefficient (Wildman–Crippen LogP) is 5.32. The SMILES string of the molecule is C[Si](C)(C)OC[c-]1[cH-][cH-][cH-][c-]1C=O.C[Si](C)(C)OC[c-]1cccc1.[Fe]. The van der Waals surface area contributed by atoms with E-state index in [0.29, 0.717) is 6.61 Å². The molecule has 0 saturated carbocycles. The van der Waals surface area contributed by atoms with Crippen molar-refractivity contribution in [3.63, 3.8) is 0 Å². The summed E-state index contributed by atoms with van der Waals surface area (Å²) in [6.45, 7) is 14.4. The third-order valence-electron chi connectivity index (χ3n) is 3.14. The smallest absolute Gasteiger partial charge is 0.182 e. The van der Waals surface area contributed by atoms with Crippen LogP contribution < -0.4 is 0 Å². The molecule has 0 amide bonds. The second kappa shape index (κ2) is 11.1. The van der Waals surface area contributed by atoms with E-state index in [4.69, 9.17) is 8.85 Å². The van der Waals surface area contributed by atoms with E-state index < -0.39 is 16.6 Å². The molecule has 0 bridgehead atoms. The Kier molecular flexibility index (Phi) is 10.7. The van der Waals surface area contributed by atoms with E-state index in [1.807, 2.05) is 30.3 Å². The summed E-state index contributed by atoms with van der Waals surface area (Å²) < 4.78 is 11.4. The van der Waals surface area contributed by atoms with Crippen molar-refractivity contribution in [2.24, 2.45) is 0 Å². The Morgan fingerprint density at radius 1 is 0.920 bits per heavy atom. The van der Waals surface area contributed by atoms with Crippen molar-refractivity contribution in [2.45, 2.75) is 52.5 Å². The standard InChI is InChI=1S/C10H15O2Si.C9H15OSi.Fe/c1-13(2,3)12-8-10-6-4-5-9(10)7-11;1-11(2,3)10-8-9-6-4-5-7-9;/h4-7H,8H2,1-3H3;4-7H,8H2,1-3H3;/q-5;-1;. The first-order chi connectivity index (χ1) is 11.1. The van der Waals surface area contributed by atoms with Gasteiger partial charge in [0.2, 0.25) is 0 Å². The fourth-order valence-electron chi connectivity index (χ4n) is 1.82. The minimum absolute atomic E-state index is 0. The summed E-state index contributed by atoms with van der Waals surface area (Å²) in [7, 11) is -2.78. The summed E-state index contributed by atoms with van der Waals surface area (Å²) in [5, 5.41) is 0. The van der Waals surface area contributed by atoms with Crippen LogP contribution in [0.1, 0.15) is 21.5 Å². The molecule has 0 N–H and O–H groups in total. The van der Waals surface area contributed by atoms with Crippen LogP contribution in [0.4, 0.5) is 0 Å². The van der Waals surface area contributed by atoms with Crippen LogP contribution in [0, 0.1) is 0 Å². The van der Waals surface area contributed by atoms with Crippen LogP contribution >= 0.6 is 0 Å². The molecule has 0 saturated heterocycles. The fraction of sp³-hybridized carbons (Fsp3) is 0.421. The molecule has 0 spiro atoms. The van der Waals surface area contributed by atoms with Crippen LogP contribution in [-0.4, -0.2) is 22.9 Å². The van der Waals surface area contributed by atoms with Crippen LogP contribution in [-0.2, 0) is 39.1 Å². The summed E-state index contributed by atoms with van der Waals surface area (Å²) >= 11 is 0. The van der Waals surface area contributed by atoms with E-state index in [1.54, 1.807) is 0 Å². The van der Waals surface area contributed by atoms with E-state index in [0.717, 1.165) is 24.0 Å². The molecule has 0 aliphatic heterocycles. The van der Waals surface area contributed by atoms with E-state index in [9.17, 15) is 4.79 Å². The third kappa shape index (κ3) is 11.5. The normalized spacial score (nSPS) is 11.3. The maximum atomic E-state index is 10.6. The Bertz CT molecular complexity index is 593. The molecule has 0 fully saturated rings. The zero-order valence-corrected chi connectivity index (χ0v) is 19.2. The molecule has 25 heavy (non-hydrogen) atoms. The van der Waals surface area contributed by atoms with E-state index in [-0.39, 0.29) is 17.1 Å². The van der Waals surface area contributed by atoms with Crippen LogP contribution in [0.5, 0.6) is 0 Å². The quantitative estimate of drug-likeness (QED) is 0.347. The summed E-state index contributed by atoms with van der Waals surface area (Å²) in [5.74, 6) is 0. The number of hydrogen-bond acceptors (Lipinski definition) is 3. The van der Waals surface area contributed by atoms with Gasteiger partial charge in [0.05, 0.1) is 0 Å². The molecule has 146 valence electrons. The molecular formula is C19H30FeO3Si2-6. The molecular weight excluding hydrogens is 388 g/mol. The second-order valence-electron chi connectivity index (χ2n) is 7.72. The molecule has 3 nitrogen and oxygen atoms in total. The first-order valence-electron chi connectivity index (χ1n) is 8.29. The number of carbonyl (C=O) groups is 1. The van der Waals surface area contributed by atoms with Gasteiger partial charge in [-0.1, -0.05) is 6.61 Å².